The lowest BCUT2D eigenvalue weighted by Crippen LogP contribution is -2.17. The van der Waals surface area contributed by atoms with Crippen LogP contribution < -0.4 is 10.9 Å². The predicted molar refractivity (Wildman–Crippen MR) is 71.2 cm³/mol. The van der Waals surface area contributed by atoms with E-state index in [1.807, 2.05) is 12.3 Å². The van der Waals surface area contributed by atoms with Crippen molar-refractivity contribution in [3.8, 4) is 0 Å². The maximum absolute atomic E-state index is 11.9. The molecule has 0 bridgehead atoms. The van der Waals surface area contributed by atoms with Crippen molar-refractivity contribution >= 4 is 26.8 Å². The molecule has 2 N–H and O–H groups in total. The van der Waals surface area contributed by atoms with E-state index in [0.717, 1.165) is 35.0 Å². The van der Waals surface area contributed by atoms with Gasteiger partial charge in [0, 0.05) is 28.8 Å². The van der Waals surface area contributed by atoms with E-state index in [4.69, 9.17) is 0 Å². The second-order valence-electron chi connectivity index (χ2n) is 4.56. The van der Waals surface area contributed by atoms with E-state index in [1.165, 1.54) is 6.42 Å². The fourth-order valence-electron chi connectivity index (χ4n) is 2.51. The molecule has 3 heterocycles. The van der Waals surface area contributed by atoms with Crippen LogP contribution in [0.5, 0.6) is 0 Å². The van der Waals surface area contributed by atoms with E-state index in [9.17, 15) is 4.79 Å². The Hall–Kier alpha value is -1.07. The third kappa shape index (κ3) is 1.93. The van der Waals surface area contributed by atoms with Crippen molar-refractivity contribution < 1.29 is 0 Å². The summed E-state index contributed by atoms with van der Waals surface area (Å²) in [6.45, 7) is 3.03. The predicted octanol–water partition coefficient (Wildman–Crippen LogP) is 1.70. The van der Waals surface area contributed by atoms with Gasteiger partial charge in [0.15, 0.2) is 0 Å². The highest BCUT2D eigenvalue weighted by molar-refractivity contribution is 9.10. The Morgan fingerprint density at radius 1 is 1.53 bits per heavy atom. The summed E-state index contributed by atoms with van der Waals surface area (Å²) in [5.74, 6) is 0.622. The summed E-state index contributed by atoms with van der Waals surface area (Å²) >= 11 is 3.51. The Labute approximate surface area is 107 Å². The van der Waals surface area contributed by atoms with Gasteiger partial charge in [-0.3, -0.25) is 4.79 Å². The second kappa shape index (κ2) is 4.31. The lowest BCUT2D eigenvalue weighted by molar-refractivity contribution is 0.490. The standard InChI is InChI=1S/C12H14BrN3O/c13-10-7-16(6-8-1-3-14-5-8)11-9(10)2-4-15-12(11)17/h2,4,7-8,14H,1,3,5-6H2,(H,15,17). The van der Waals surface area contributed by atoms with E-state index in [0.29, 0.717) is 5.92 Å². The van der Waals surface area contributed by atoms with Gasteiger partial charge in [0.1, 0.15) is 5.52 Å². The molecule has 1 atom stereocenters. The minimum absolute atomic E-state index is 0.0147. The number of fused-ring (bicyclic) bond motifs is 1. The quantitative estimate of drug-likeness (QED) is 0.886. The number of pyridine rings is 1. The molecule has 4 nitrogen and oxygen atoms in total. The van der Waals surface area contributed by atoms with Gasteiger partial charge in [-0.15, -0.1) is 0 Å². The topological polar surface area (TPSA) is 49.8 Å². The first-order valence-corrected chi connectivity index (χ1v) is 6.62. The van der Waals surface area contributed by atoms with Crippen LogP contribution in [0, 0.1) is 5.92 Å². The molecule has 0 radical (unpaired) electrons. The van der Waals surface area contributed by atoms with Crippen LogP contribution in [0.2, 0.25) is 0 Å². The zero-order valence-electron chi connectivity index (χ0n) is 9.37. The van der Waals surface area contributed by atoms with Crippen LogP contribution in [0.1, 0.15) is 6.42 Å². The maximum Gasteiger partial charge on any atom is 0.272 e. The van der Waals surface area contributed by atoms with E-state index in [1.54, 1.807) is 6.20 Å². The first-order valence-electron chi connectivity index (χ1n) is 5.82. The molecule has 2 aromatic rings. The fourth-order valence-corrected chi connectivity index (χ4v) is 3.08. The van der Waals surface area contributed by atoms with Crippen molar-refractivity contribution in [3.63, 3.8) is 0 Å². The largest absolute Gasteiger partial charge is 0.342 e. The number of H-pyrrole nitrogens is 1. The summed E-state index contributed by atoms with van der Waals surface area (Å²) in [6.07, 6.45) is 4.89. The Morgan fingerprint density at radius 2 is 2.41 bits per heavy atom. The average molecular weight is 296 g/mol. The molecule has 0 spiro atoms. The normalized spacial score (nSPS) is 20.2. The fraction of sp³-hybridized carbons (Fsp3) is 0.417. The first kappa shape index (κ1) is 11.0. The van der Waals surface area contributed by atoms with E-state index < -0.39 is 0 Å². The molecule has 1 aliphatic heterocycles. The van der Waals surface area contributed by atoms with Crippen LogP contribution in [0.3, 0.4) is 0 Å². The van der Waals surface area contributed by atoms with Gasteiger partial charge in [0.2, 0.25) is 0 Å². The van der Waals surface area contributed by atoms with Crippen molar-refractivity contribution in [1.29, 1.82) is 0 Å². The van der Waals surface area contributed by atoms with Crippen molar-refractivity contribution in [2.75, 3.05) is 13.1 Å². The van der Waals surface area contributed by atoms with Crippen LogP contribution in [-0.2, 0) is 6.54 Å². The highest BCUT2D eigenvalue weighted by Crippen LogP contribution is 2.24. The summed E-state index contributed by atoms with van der Waals surface area (Å²) in [6, 6.07) is 1.93. The van der Waals surface area contributed by atoms with Gasteiger partial charge in [-0.25, -0.2) is 0 Å². The van der Waals surface area contributed by atoms with E-state index in [-0.39, 0.29) is 5.56 Å². The molecule has 90 valence electrons. The van der Waals surface area contributed by atoms with Crippen molar-refractivity contribution in [2.45, 2.75) is 13.0 Å². The number of nitrogens with zero attached hydrogens (tertiary/aromatic N) is 1. The van der Waals surface area contributed by atoms with Crippen LogP contribution in [0.25, 0.3) is 10.9 Å². The molecule has 1 fully saturated rings. The number of aromatic amines is 1. The highest BCUT2D eigenvalue weighted by Gasteiger charge is 2.17. The van der Waals surface area contributed by atoms with E-state index in [2.05, 4.69) is 30.8 Å². The van der Waals surface area contributed by atoms with Crippen molar-refractivity contribution in [3.05, 3.63) is 33.3 Å². The molecule has 1 saturated heterocycles. The molecule has 3 rings (SSSR count). The maximum atomic E-state index is 11.9. The molecule has 1 aliphatic rings. The van der Waals surface area contributed by atoms with Gasteiger partial charge >= 0.3 is 0 Å². The monoisotopic (exact) mass is 295 g/mol. The van der Waals surface area contributed by atoms with Gasteiger partial charge in [-0.05, 0) is 47.4 Å². The van der Waals surface area contributed by atoms with E-state index >= 15 is 0 Å². The number of rotatable bonds is 2. The smallest absolute Gasteiger partial charge is 0.272 e. The molecule has 2 aromatic heterocycles. The molecule has 0 amide bonds. The molecule has 5 heteroatoms. The van der Waals surface area contributed by atoms with Crippen LogP contribution >= 0.6 is 15.9 Å². The van der Waals surface area contributed by atoms with Crippen LogP contribution in [0.4, 0.5) is 0 Å². The van der Waals surface area contributed by atoms with Crippen molar-refractivity contribution in [1.82, 2.24) is 14.9 Å². The summed E-state index contributed by atoms with van der Waals surface area (Å²) < 4.78 is 3.06. The zero-order chi connectivity index (χ0) is 11.8. The van der Waals surface area contributed by atoms with Crippen LogP contribution in [-0.4, -0.2) is 22.6 Å². The zero-order valence-corrected chi connectivity index (χ0v) is 11.0. The summed E-state index contributed by atoms with van der Waals surface area (Å²) in [5.41, 5.74) is 0.755. The lowest BCUT2D eigenvalue weighted by atomic mass is 10.1. The Balaban J connectivity index is 2.06. The minimum atomic E-state index is -0.0147. The summed E-state index contributed by atoms with van der Waals surface area (Å²) in [5, 5.41) is 4.34. The SMILES string of the molecule is O=c1[nH]ccc2c(Br)cn(CC3CCNC3)c12. The molecule has 0 aliphatic carbocycles. The minimum Gasteiger partial charge on any atom is -0.342 e. The van der Waals surface area contributed by atoms with Gasteiger partial charge in [0.25, 0.3) is 5.56 Å². The molecule has 0 saturated carbocycles. The van der Waals surface area contributed by atoms with Gasteiger partial charge in [0.05, 0.1) is 0 Å². The van der Waals surface area contributed by atoms with Crippen LogP contribution in [0.15, 0.2) is 27.7 Å². The Kier molecular flexibility index (Phi) is 2.80. The number of hydrogen-bond acceptors (Lipinski definition) is 2. The number of nitrogens with one attached hydrogen (secondary N) is 2. The molecule has 0 aromatic carbocycles. The number of halogens is 1. The van der Waals surface area contributed by atoms with Gasteiger partial charge in [-0.1, -0.05) is 0 Å². The van der Waals surface area contributed by atoms with Crippen molar-refractivity contribution in [2.24, 2.45) is 5.92 Å². The average Bonchev–Trinajstić information content (AvgIpc) is 2.90. The third-order valence-corrected chi connectivity index (χ3v) is 4.00. The molecular formula is C12H14BrN3O. The summed E-state index contributed by atoms with van der Waals surface area (Å²) in [4.78, 5) is 14.6. The number of hydrogen-bond donors (Lipinski definition) is 2. The number of aromatic nitrogens is 2. The molecular weight excluding hydrogens is 282 g/mol. The van der Waals surface area contributed by atoms with Gasteiger partial charge < -0.3 is 14.9 Å². The lowest BCUT2D eigenvalue weighted by Gasteiger charge is -2.10. The van der Waals surface area contributed by atoms with Gasteiger partial charge in [-0.2, -0.15) is 0 Å². The molecule has 17 heavy (non-hydrogen) atoms. The molecule has 1 unspecified atom stereocenters. The summed E-state index contributed by atoms with van der Waals surface area (Å²) in [7, 11) is 0. The second-order valence-corrected chi connectivity index (χ2v) is 5.41. The Morgan fingerprint density at radius 3 is 3.18 bits per heavy atom. The Bertz CT molecular complexity index is 595. The first-order chi connectivity index (χ1) is 8.25. The highest BCUT2D eigenvalue weighted by atomic mass is 79.9. The third-order valence-electron chi connectivity index (χ3n) is 3.37.